The van der Waals surface area contributed by atoms with Crippen LogP contribution in [0.15, 0.2) is 51.9 Å². The molecule has 0 amide bonds. The number of nitrogens with two attached hydrogens (primary N) is 1. The van der Waals surface area contributed by atoms with Gasteiger partial charge in [0.15, 0.2) is 0 Å². The summed E-state index contributed by atoms with van der Waals surface area (Å²) in [6, 6.07) is 3.07. The largest absolute Gasteiger partial charge is 0.508 e. The predicted octanol–water partition coefficient (Wildman–Crippen LogP) is 1.51. The van der Waals surface area contributed by atoms with Gasteiger partial charge in [-0.15, -0.1) is 0 Å². The lowest BCUT2D eigenvalue weighted by Gasteiger charge is -2.10. The van der Waals surface area contributed by atoms with Gasteiger partial charge in [-0.1, -0.05) is 6.07 Å². The van der Waals surface area contributed by atoms with E-state index in [4.69, 9.17) is 15.9 Å². The molecule has 0 saturated carbocycles. The fourth-order valence-electron chi connectivity index (χ4n) is 2.30. The zero-order valence-electron chi connectivity index (χ0n) is 13.3. The third-order valence-corrected chi connectivity index (χ3v) is 5.06. The van der Waals surface area contributed by atoms with Crippen LogP contribution in [-0.2, 0) is 28.7 Å². The van der Waals surface area contributed by atoms with Crippen molar-refractivity contribution in [3.63, 3.8) is 0 Å². The van der Waals surface area contributed by atoms with Crippen LogP contribution in [0, 0.1) is 10.1 Å². The number of fused-ring (bicyclic) bond motifs is 2. The number of hydrogen-bond acceptors (Lipinski definition) is 6. The van der Waals surface area contributed by atoms with Gasteiger partial charge in [-0.05, 0) is 41.8 Å². The first-order valence-corrected chi connectivity index (χ1v) is 8.45. The van der Waals surface area contributed by atoms with Gasteiger partial charge < -0.3 is 15.9 Å². The summed E-state index contributed by atoms with van der Waals surface area (Å²) in [5, 5.41) is 28.0. The average molecular weight is 382 g/mol. The van der Waals surface area contributed by atoms with Gasteiger partial charge in [-0.25, -0.2) is 8.60 Å². The van der Waals surface area contributed by atoms with Crippen LogP contribution in [0.5, 0.6) is 5.75 Å². The molecule has 1 aromatic rings. The second-order valence-corrected chi connectivity index (χ2v) is 6.84. The maximum absolute atomic E-state index is 12.5. The van der Waals surface area contributed by atoms with E-state index in [1.807, 2.05) is 0 Å². The molecule has 26 heavy (non-hydrogen) atoms. The van der Waals surface area contributed by atoms with E-state index in [1.54, 1.807) is 6.08 Å². The second-order valence-electron chi connectivity index (χ2n) is 5.39. The zero-order chi connectivity index (χ0) is 19.4. The first-order chi connectivity index (χ1) is 12.2. The maximum Gasteiger partial charge on any atom is 0.320 e. The lowest BCUT2D eigenvalue weighted by Crippen LogP contribution is -2.32. The van der Waals surface area contributed by atoms with Crippen LogP contribution < -0.4 is 5.73 Å². The van der Waals surface area contributed by atoms with Crippen molar-refractivity contribution in [1.29, 1.82) is 0 Å². The number of hydrogen-bond donors (Lipinski definition) is 3. The minimum absolute atomic E-state index is 0.0270. The molecule has 0 radical (unpaired) electrons. The summed E-state index contributed by atoms with van der Waals surface area (Å²) in [7, 11) is -1.26. The molecular weight excluding hydrogens is 367 g/mol. The summed E-state index contributed by atoms with van der Waals surface area (Å²) in [5.41, 5.74) is 6.07. The van der Waals surface area contributed by atoms with Crippen LogP contribution in [0.2, 0.25) is 0 Å². The van der Waals surface area contributed by atoms with Gasteiger partial charge in [0.1, 0.15) is 23.4 Å². The highest BCUT2D eigenvalue weighted by Crippen LogP contribution is 2.33. The van der Waals surface area contributed by atoms with E-state index in [0.717, 1.165) is 0 Å². The van der Waals surface area contributed by atoms with E-state index in [2.05, 4.69) is 0 Å². The highest BCUT2D eigenvalue weighted by molar-refractivity contribution is 7.94. The Bertz CT molecular complexity index is 877. The average Bonchev–Trinajstić information content (AvgIpc) is 3.12. The quantitative estimate of drug-likeness (QED) is 0.517. The first kappa shape index (κ1) is 19.5. The molecular formula is C16H15FN2O6S. The number of nitrogens with zero attached hydrogens (tertiary/aromatic N) is 1. The summed E-state index contributed by atoms with van der Waals surface area (Å²) in [6.45, 7) is -0.754. The number of rotatable bonds is 5. The fraction of sp³-hybridized carbons (Fsp3) is 0.188. The summed E-state index contributed by atoms with van der Waals surface area (Å²) in [6.07, 6.45) is 4.57. The molecule has 2 bridgehead atoms. The molecule has 2 aliphatic heterocycles. The zero-order valence-corrected chi connectivity index (χ0v) is 14.1. The highest BCUT2D eigenvalue weighted by Gasteiger charge is 2.32. The number of phenols is 1. The van der Waals surface area contributed by atoms with Crippen molar-refractivity contribution < 1.29 is 28.5 Å². The minimum atomic E-state index is -1.26. The third kappa shape index (κ3) is 4.21. The van der Waals surface area contributed by atoms with Crippen molar-refractivity contribution in [3.8, 4) is 5.75 Å². The molecule has 8 nitrogen and oxygen atoms in total. The summed E-state index contributed by atoms with van der Waals surface area (Å²) in [4.78, 5) is 21.1. The normalized spacial score (nSPS) is 18.2. The predicted molar refractivity (Wildman–Crippen MR) is 91.6 cm³/mol. The molecule has 2 atom stereocenters. The molecule has 2 heterocycles. The van der Waals surface area contributed by atoms with Gasteiger partial charge in [0.05, 0.1) is 20.6 Å². The molecule has 0 aromatic heterocycles. The Morgan fingerprint density at radius 2 is 2.04 bits per heavy atom. The number of halogens is 1. The number of nitro groups is 1. The minimum Gasteiger partial charge on any atom is -0.508 e. The lowest BCUT2D eigenvalue weighted by molar-refractivity contribution is -0.419. The van der Waals surface area contributed by atoms with E-state index in [0.29, 0.717) is 15.4 Å². The molecule has 2 aliphatic rings. The molecule has 138 valence electrons. The van der Waals surface area contributed by atoms with Gasteiger partial charge in [0, 0.05) is 6.08 Å². The number of phenolic OH excluding ortho intramolecular Hbond substituents is 1. The van der Waals surface area contributed by atoms with E-state index in [-0.39, 0.29) is 23.4 Å². The second kappa shape index (κ2) is 8.02. The Morgan fingerprint density at radius 1 is 1.35 bits per heavy atom. The number of alkyl halides is 1. The first-order valence-electron chi connectivity index (χ1n) is 7.30. The molecule has 0 saturated heterocycles. The van der Waals surface area contributed by atoms with Gasteiger partial charge in [0.25, 0.3) is 5.70 Å². The Morgan fingerprint density at radius 3 is 2.46 bits per heavy atom. The number of aromatic hydroxyl groups is 1. The van der Waals surface area contributed by atoms with E-state index >= 15 is 0 Å². The standard InChI is InChI=1S/C10H12FNO3.C6H3NO3S/c11-5-7-3-8(13)2-1-6(7)4-9(12)10(14)15;8-7(9)5-3-4-1-2-6(5)11(4)10/h1-3,9,13H,4-5,12H2,(H,14,15);1-3H. The monoisotopic (exact) mass is 382 g/mol. The van der Waals surface area contributed by atoms with Crippen LogP contribution in [0.4, 0.5) is 4.39 Å². The molecule has 10 heteroatoms. The van der Waals surface area contributed by atoms with Crippen LogP contribution in [-0.4, -0.2) is 31.4 Å². The van der Waals surface area contributed by atoms with Gasteiger partial charge in [-0.2, -0.15) is 0 Å². The third-order valence-electron chi connectivity index (χ3n) is 3.63. The molecule has 4 N–H and O–H groups in total. The Hall–Kier alpha value is -2.85. The van der Waals surface area contributed by atoms with Gasteiger partial charge in [0.2, 0.25) is 0 Å². The molecule has 0 spiro atoms. The molecule has 1 aromatic carbocycles. The van der Waals surface area contributed by atoms with Crippen molar-refractivity contribution in [1.82, 2.24) is 0 Å². The number of aliphatic carboxylic acids is 1. The van der Waals surface area contributed by atoms with Crippen LogP contribution in [0.25, 0.3) is 0 Å². The number of carboxylic acid groups (broad SMARTS) is 1. The van der Waals surface area contributed by atoms with Crippen molar-refractivity contribution >= 4 is 16.8 Å². The lowest BCUT2D eigenvalue weighted by atomic mass is 10.0. The molecule has 2 unspecified atom stereocenters. The van der Waals surface area contributed by atoms with Crippen molar-refractivity contribution in [2.45, 2.75) is 19.1 Å². The highest BCUT2D eigenvalue weighted by atomic mass is 32.2. The Balaban J connectivity index is 0.000000195. The van der Waals surface area contributed by atoms with Crippen molar-refractivity contribution in [2.75, 3.05) is 0 Å². The van der Waals surface area contributed by atoms with E-state index in [9.17, 15) is 23.5 Å². The summed E-state index contributed by atoms with van der Waals surface area (Å²) < 4.78 is 23.6. The van der Waals surface area contributed by atoms with Gasteiger partial charge in [-0.3, -0.25) is 14.9 Å². The van der Waals surface area contributed by atoms with Crippen LogP contribution in [0.1, 0.15) is 11.1 Å². The molecule has 0 fully saturated rings. The molecule has 3 rings (SSSR count). The topological polar surface area (TPSA) is 144 Å². The number of allylic oxidation sites excluding steroid dienone is 3. The van der Waals surface area contributed by atoms with E-state index in [1.165, 1.54) is 30.4 Å². The fourth-order valence-corrected chi connectivity index (χ4v) is 3.48. The number of benzene rings is 1. The number of carboxylic acids is 1. The Labute approximate surface area is 149 Å². The van der Waals surface area contributed by atoms with Crippen molar-refractivity contribution in [3.05, 3.63) is 73.2 Å². The summed E-state index contributed by atoms with van der Waals surface area (Å²) >= 11 is 0. The Kier molecular flexibility index (Phi) is 6.01. The SMILES string of the molecule is NC(Cc1ccc(O)cc1CF)C(=O)O.O=[N+]([O-])C1=C2C=CC(=C1)S2=O. The van der Waals surface area contributed by atoms with Gasteiger partial charge >= 0.3 is 5.97 Å². The maximum atomic E-state index is 12.5. The number of carbonyl (C=O) groups is 1. The van der Waals surface area contributed by atoms with E-state index < -0.39 is 34.4 Å². The summed E-state index contributed by atoms with van der Waals surface area (Å²) in [5.74, 6) is -1.18. The smallest absolute Gasteiger partial charge is 0.320 e. The molecule has 0 aliphatic carbocycles. The van der Waals surface area contributed by atoms with Crippen LogP contribution in [0.3, 0.4) is 0 Å². The van der Waals surface area contributed by atoms with Crippen LogP contribution >= 0.6 is 0 Å². The van der Waals surface area contributed by atoms with Crippen molar-refractivity contribution in [2.24, 2.45) is 5.73 Å².